The molecule has 1 fully saturated rings. The summed E-state index contributed by atoms with van der Waals surface area (Å²) in [4.78, 5) is 22.5. The van der Waals surface area contributed by atoms with Crippen LogP contribution < -0.4 is 10.6 Å². The Morgan fingerprint density at radius 1 is 1.38 bits per heavy atom. The van der Waals surface area contributed by atoms with Gasteiger partial charge in [-0.1, -0.05) is 0 Å². The van der Waals surface area contributed by atoms with Crippen LogP contribution in [0.5, 0.6) is 0 Å². The van der Waals surface area contributed by atoms with Crippen molar-refractivity contribution in [3.8, 4) is 0 Å². The molecule has 0 aromatic heterocycles. The summed E-state index contributed by atoms with van der Waals surface area (Å²) in [6, 6.07) is -1.22. The van der Waals surface area contributed by atoms with Crippen LogP contribution in [-0.2, 0) is 9.59 Å². The molecule has 0 bridgehead atoms. The molecule has 1 aliphatic heterocycles. The molecule has 1 saturated heterocycles. The smallest absolute Gasteiger partial charge is 0.328 e. The van der Waals surface area contributed by atoms with Crippen molar-refractivity contribution in [1.82, 2.24) is 10.6 Å². The molecule has 0 saturated carbocycles. The third-order valence-corrected chi connectivity index (χ3v) is 2.76. The quantitative estimate of drug-likeness (QED) is 0.493. The monoisotopic (exact) mass is 230 g/mol. The number of carbonyl (C=O) groups is 2. The molecule has 6 nitrogen and oxygen atoms in total. The van der Waals surface area contributed by atoms with Gasteiger partial charge >= 0.3 is 5.97 Å². The number of aliphatic hydroxyl groups is 1. The number of carbonyl (C=O) groups excluding carboxylic acids is 1. The van der Waals surface area contributed by atoms with Gasteiger partial charge in [0.1, 0.15) is 0 Å². The Kier molecular flexibility index (Phi) is 4.70. The van der Waals surface area contributed by atoms with Crippen molar-refractivity contribution in [1.29, 1.82) is 0 Å². The lowest BCUT2D eigenvalue weighted by Crippen LogP contribution is -2.50. The van der Waals surface area contributed by atoms with Gasteiger partial charge in [0.2, 0.25) is 5.91 Å². The molecular weight excluding hydrogens is 212 g/mol. The van der Waals surface area contributed by atoms with E-state index in [1.807, 2.05) is 0 Å². The molecular formula is C10H18N2O4. The van der Waals surface area contributed by atoms with Crippen LogP contribution in [0.3, 0.4) is 0 Å². The van der Waals surface area contributed by atoms with Crippen LogP contribution >= 0.6 is 0 Å². The van der Waals surface area contributed by atoms with E-state index in [9.17, 15) is 14.7 Å². The van der Waals surface area contributed by atoms with Crippen molar-refractivity contribution in [2.24, 2.45) is 5.92 Å². The molecule has 0 aromatic rings. The Bertz CT molecular complexity index is 262. The summed E-state index contributed by atoms with van der Waals surface area (Å²) in [6.07, 6.45) is 0.318. The minimum Gasteiger partial charge on any atom is -0.480 e. The van der Waals surface area contributed by atoms with Crippen LogP contribution in [-0.4, -0.2) is 47.3 Å². The maximum absolute atomic E-state index is 11.7. The molecule has 4 N–H and O–H groups in total. The first-order chi connectivity index (χ1) is 7.52. The highest BCUT2D eigenvalue weighted by molar-refractivity contribution is 5.85. The molecule has 2 atom stereocenters. The number of carboxylic acid groups (broad SMARTS) is 1. The highest BCUT2D eigenvalue weighted by atomic mass is 16.4. The second-order valence-corrected chi connectivity index (χ2v) is 4.09. The first kappa shape index (κ1) is 12.9. The summed E-state index contributed by atoms with van der Waals surface area (Å²) in [5.74, 6) is -1.64. The summed E-state index contributed by atoms with van der Waals surface area (Å²) < 4.78 is 0. The van der Waals surface area contributed by atoms with E-state index in [4.69, 9.17) is 5.11 Å². The van der Waals surface area contributed by atoms with Crippen molar-refractivity contribution >= 4 is 11.9 Å². The van der Waals surface area contributed by atoms with Gasteiger partial charge in [0.25, 0.3) is 0 Å². The van der Waals surface area contributed by atoms with Gasteiger partial charge in [-0.2, -0.15) is 0 Å². The zero-order valence-electron chi connectivity index (χ0n) is 9.27. The summed E-state index contributed by atoms with van der Waals surface area (Å²) in [5.41, 5.74) is 0. The van der Waals surface area contributed by atoms with E-state index >= 15 is 0 Å². The number of carboxylic acids is 1. The fourth-order valence-electron chi connectivity index (χ4n) is 1.74. The van der Waals surface area contributed by atoms with Crippen molar-refractivity contribution in [2.75, 3.05) is 13.1 Å². The lowest BCUT2D eigenvalue weighted by molar-refractivity contribution is -0.145. The van der Waals surface area contributed by atoms with Crippen LogP contribution in [0.15, 0.2) is 0 Å². The van der Waals surface area contributed by atoms with Gasteiger partial charge in [0.05, 0.1) is 6.10 Å². The Labute approximate surface area is 94.0 Å². The molecule has 2 unspecified atom stereocenters. The summed E-state index contributed by atoms with van der Waals surface area (Å²) in [6.45, 7) is 2.89. The van der Waals surface area contributed by atoms with E-state index in [-0.39, 0.29) is 11.8 Å². The van der Waals surface area contributed by atoms with Gasteiger partial charge in [0.15, 0.2) is 6.04 Å². The van der Waals surface area contributed by atoms with E-state index in [0.29, 0.717) is 12.8 Å². The molecule has 92 valence electrons. The highest BCUT2D eigenvalue weighted by Gasteiger charge is 2.29. The molecule has 1 amide bonds. The van der Waals surface area contributed by atoms with Crippen LogP contribution in [0, 0.1) is 5.92 Å². The van der Waals surface area contributed by atoms with Crippen LogP contribution in [0.2, 0.25) is 0 Å². The summed E-state index contributed by atoms with van der Waals surface area (Å²) in [5, 5.41) is 23.5. The van der Waals surface area contributed by atoms with E-state index < -0.39 is 18.1 Å². The van der Waals surface area contributed by atoms with Gasteiger partial charge in [-0.05, 0) is 32.9 Å². The van der Waals surface area contributed by atoms with Gasteiger partial charge in [-0.3, -0.25) is 4.79 Å². The first-order valence-corrected chi connectivity index (χ1v) is 5.44. The molecule has 16 heavy (non-hydrogen) atoms. The number of nitrogens with one attached hydrogen (secondary N) is 2. The standard InChI is InChI=1S/C10H18N2O4/c1-6(13)8(10(15)16)12-9(14)7-2-4-11-5-3-7/h6-8,11,13H,2-5H2,1H3,(H,12,14)(H,15,16). The zero-order chi connectivity index (χ0) is 12.1. The average Bonchev–Trinajstić information content (AvgIpc) is 2.25. The van der Waals surface area contributed by atoms with E-state index in [0.717, 1.165) is 13.1 Å². The van der Waals surface area contributed by atoms with Crippen molar-refractivity contribution in [2.45, 2.75) is 31.9 Å². The van der Waals surface area contributed by atoms with Gasteiger partial charge < -0.3 is 20.8 Å². The maximum Gasteiger partial charge on any atom is 0.328 e. The second kappa shape index (κ2) is 5.81. The molecule has 1 rings (SSSR count). The number of hydrogen-bond acceptors (Lipinski definition) is 4. The largest absolute Gasteiger partial charge is 0.480 e. The van der Waals surface area contributed by atoms with E-state index in [1.54, 1.807) is 0 Å². The van der Waals surface area contributed by atoms with Crippen LogP contribution in [0.1, 0.15) is 19.8 Å². The Hall–Kier alpha value is -1.14. The van der Waals surface area contributed by atoms with Gasteiger partial charge in [-0.15, -0.1) is 0 Å². The normalized spacial score (nSPS) is 21.1. The predicted molar refractivity (Wildman–Crippen MR) is 56.8 cm³/mol. The van der Waals surface area contributed by atoms with E-state index in [1.165, 1.54) is 6.92 Å². The average molecular weight is 230 g/mol. The predicted octanol–water partition coefficient (Wildman–Crippen LogP) is -1.06. The molecule has 0 spiro atoms. The van der Waals surface area contributed by atoms with Crippen LogP contribution in [0.25, 0.3) is 0 Å². The summed E-state index contributed by atoms with van der Waals surface area (Å²) in [7, 11) is 0. The Morgan fingerprint density at radius 3 is 2.38 bits per heavy atom. The minimum absolute atomic E-state index is 0.151. The SMILES string of the molecule is CC(O)C(NC(=O)C1CCNCC1)C(=O)O. The third-order valence-electron chi connectivity index (χ3n) is 2.76. The van der Waals surface area contributed by atoms with Crippen molar-refractivity contribution in [3.63, 3.8) is 0 Å². The van der Waals surface area contributed by atoms with Crippen molar-refractivity contribution in [3.05, 3.63) is 0 Å². The first-order valence-electron chi connectivity index (χ1n) is 5.44. The number of aliphatic hydroxyl groups excluding tert-OH is 1. The van der Waals surface area contributed by atoms with Gasteiger partial charge in [0, 0.05) is 5.92 Å². The molecule has 0 radical (unpaired) electrons. The third kappa shape index (κ3) is 3.46. The highest BCUT2D eigenvalue weighted by Crippen LogP contribution is 2.12. The summed E-state index contributed by atoms with van der Waals surface area (Å²) >= 11 is 0. The Morgan fingerprint density at radius 2 is 1.94 bits per heavy atom. The van der Waals surface area contributed by atoms with Gasteiger partial charge in [-0.25, -0.2) is 4.79 Å². The second-order valence-electron chi connectivity index (χ2n) is 4.09. The number of aliphatic carboxylic acids is 1. The molecule has 1 aliphatic rings. The fraction of sp³-hybridized carbons (Fsp3) is 0.800. The minimum atomic E-state index is -1.22. The fourth-order valence-corrected chi connectivity index (χ4v) is 1.74. The van der Waals surface area contributed by atoms with Crippen LogP contribution in [0.4, 0.5) is 0 Å². The lowest BCUT2D eigenvalue weighted by atomic mass is 9.96. The molecule has 1 heterocycles. The van der Waals surface area contributed by atoms with Crippen molar-refractivity contribution < 1.29 is 19.8 Å². The topological polar surface area (TPSA) is 98.7 Å². The zero-order valence-corrected chi connectivity index (χ0v) is 9.27. The molecule has 0 aliphatic carbocycles. The lowest BCUT2D eigenvalue weighted by Gasteiger charge is -2.24. The number of hydrogen-bond donors (Lipinski definition) is 4. The number of rotatable bonds is 4. The Balaban J connectivity index is 2.50. The molecule has 6 heteroatoms. The number of piperidine rings is 1. The number of amides is 1. The van der Waals surface area contributed by atoms with E-state index in [2.05, 4.69) is 10.6 Å². The maximum atomic E-state index is 11.7. The molecule has 0 aromatic carbocycles.